The SMILES string of the molecule is C[C@@H](c1cccc(OCC(=O)N2CCOCC2)c1)c1nccc(N)n1. The van der Waals surface area contributed by atoms with Crippen molar-refractivity contribution in [2.24, 2.45) is 0 Å². The van der Waals surface area contributed by atoms with Crippen LogP contribution in [-0.2, 0) is 9.53 Å². The van der Waals surface area contributed by atoms with Gasteiger partial charge in [-0.25, -0.2) is 9.97 Å². The summed E-state index contributed by atoms with van der Waals surface area (Å²) in [5.74, 6) is 1.69. The Balaban J connectivity index is 1.64. The molecule has 1 amide bonds. The molecule has 2 heterocycles. The van der Waals surface area contributed by atoms with Crippen molar-refractivity contribution >= 4 is 11.7 Å². The first-order chi connectivity index (χ1) is 12.1. The van der Waals surface area contributed by atoms with E-state index < -0.39 is 0 Å². The third kappa shape index (κ3) is 4.45. The first-order valence-corrected chi connectivity index (χ1v) is 8.30. The zero-order valence-electron chi connectivity index (χ0n) is 14.2. The Bertz CT molecular complexity index is 732. The number of carbonyl (C=O) groups excluding carboxylic acids is 1. The summed E-state index contributed by atoms with van der Waals surface area (Å²) in [6, 6.07) is 9.28. The highest BCUT2D eigenvalue weighted by molar-refractivity contribution is 5.77. The van der Waals surface area contributed by atoms with E-state index in [-0.39, 0.29) is 18.4 Å². The van der Waals surface area contributed by atoms with Crippen LogP contribution in [0.15, 0.2) is 36.5 Å². The molecule has 7 heteroatoms. The van der Waals surface area contributed by atoms with Crippen LogP contribution in [0.5, 0.6) is 5.75 Å². The Morgan fingerprint density at radius 2 is 2.16 bits per heavy atom. The molecule has 1 fully saturated rings. The average molecular weight is 342 g/mol. The van der Waals surface area contributed by atoms with Crippen LogP contribution in [0.1, 0.15) is 24.2 Å². The summed E-state index contributed by atoms with van der Waals surface area (Å²) in [7, 11) is 0. The summed E-state index contributed by atoms with van der Waals surface area (Å²) in [5, 5.41) is 0. The van der Waals surface area contributed by atoms with Gasteiger partial charge in [-0.05, 0) is 23.8 Å². The second kappa shape index (κ2) is 7.94. The molecule has 2 N–H and O–H groups in total. The minimum atomic E-state index is -0.0269. The molecule has 0 aliphatic carbocycles. The fraction of sp³-hybridized carbons (Fsp3) is 0.389. The zero-order valence-corrected chi connectivity index (χ0v) is 14.2. The van der Waals surface area contributed by atoms with Crippen molar-refractivity contribution in [2.75, 3.05) is 38.6 Å². The summed E-state index contributed by atoms with van der Waals surface area (Å²) >= 11 is 0. The first kappa shape index (κ1) is 17.2. The average Bonchev–Trinajstić information content (AvgIpc) is 2.66. The van der Waals surface area contributed by atoms with Crippen molar-refractivity contribution in [3.05, 3.63) is 47.9 Å². The van der Waals surface area contributed by atoms with Crippen LogP contribution < -0.4 is 10.5 Å². The molecule has 1 aromatic carbocycles. The van der Waals surface area contributed by atoms with Crippen LogP contribution in [0.3, 0.4) is 0 Å². The largest absolute Gasteiger partial charge is 0.484 e. The van der Waals surface area contributed by atoms with E-state index in [1.54, 1.807) is 17.2 Å². The van der Waals surface area contributed by atoms with Crippen molar-refractivity contribution < 1.29 is 14.3 Å². The van der Waals surface area contributed by atoms with Crippen LogP contribution in [0, 0.1) is 0 Å². The lowest BCUT2D eigenvalue weighted by Crippen LogP contribution is -2.42. The van der Waals surface area contributed by atoms with Gasteiger partial charge in [0.1, 0.15) is 17.4 Å². The number of rotatable bonds is 5. The second-order valence-electron chi connectivity index (χ2n) is 5.92. The van der Waals surface area contributed by atoms with Gasteiger partial charge in [-0.15, -0.1) is 0 Å². The van der Waals surface area contributed by atoms with E-state index >= 15 is 0 Å². The van der Waals surface area contributed by atoms with Gasteiger partial charge in [-0.3, -0.25) is 4.79 Å². The van der Waals surface area contributed by atoms with Crippen LogP contribution in [-0.4, -0.2) is 53.7 Å². The maximum absolute atomic E-state index is 12.2. The summed E-state index contributed by atoms with van der Waals surface area (Å²) < 4.78 is 10.9. The van der Waals surface area contributed by atoms with Crippen molar-refractivity contribution in [3.8, 4) is 5.75 Å². The molecule has 3 rings (SSSR count). The lowest BCUT2D eigenvalue weighted by molar-refractivity contribution is -0.137. The second-order valence-corrected chi connectivity index (χ2v) is 5.92. The minimum Gasteiger partial charge on any atom is -0.484 e. The normalized spacial score (nSPS) is 15.6. The van der Waals surface area contributed by atoms with E-state index in [2.05, 4.69) is 9.97 Å². The number of nitrogens with two attached hydrogens (primary N) is 1. The number of morpholine rings is 1. The van der Waals surface area contributed by atoms with Crippen molar-refractivity contribution in [3.63, 3.8) is 0 Å². The Morgan fingerprint density at radius 1 is 1.36 bits per heavy atom. The molecule has 1 aliphatic rings. The lowest BCUT2D eigenvalue weighted by Gasteiger charge is -2.26. The molecule has 25 heavy (non-hydrogen) atoms. The molecule has 132 valence electrons. The molecular weight excluding hydrogens is 320 g/mol. The summed E-state index contributed by atoms with van der Waals surface area (Å²) in [6.07, 6.45) is 1.65. The molecule has 2 aromatic rings. The van der Waals surface area contributed by atoms with Crippen molar-refractivity contribution in [1.29, 1.82) is 0 Å². The van der Waals surface area contributed by atoms with Crippen LogP contribution in [0.25, 0.3) is 0 Å². The predicted molar refractivity (Wildman–Crippen MR) is 93.3 cm³/mol. The molecule has 0 spiro atoms. The molecule has 1 aromatic heterocycles. The standard InChI is InChI=1S/C18H22N4O3/c1-13(18-20-6-5-16(19)21-18)14-3-2-4-15(11-14)25-12-17(23)22-7-9-24-10-8-22/h2-6,11,13H,7-10,12H2,1H3,(H2,19,20,21)/t13-/m0/s1. The Hall–Kier alpha value is -2.67. The fourth-order valence-corrected chi connectivity index (χ4v) is 2.67. The molecule has 0 bridgehead atoms. The highest BCUT2D eigenvalue weighted by Crippen LogP contribution is 2.25. The minimum absolute atomic E-state index is 0.0205. The van der Waals surface area contributed by atoms with E-state index in [4.69, 9.17) is 15.2 Å². The van der Waals surface area contributed by atoms with Gasteiger partial charge >= 0.3 is 0 Å². The van der Waals surface area contributed by atoms with Gasteiger partial charge in [-0.1, -0.05) is 19.1 Å². The van der Waals surface area contributed by atoms with Gasteiger partial charge in [0.15, 0.2) is 6.61 Å². The van der Waals surface area contributed by atoms with Gasteiger partial charge in [0.05, 0.1) is 13.2 Å². The van der Waals surface area contributed by atoms with Crippen LogP contribution >= 0.6 is 0 Å². The van der Waals surface area contributed by atoms with E-state index in [0.29, 0.717) is 43.7 Å². The predicted octanol–water partition coefficient (Wildman–Crippen LogP) is 1.45. The summed E-state index contributed by atoms with van der Waals surface area (Å²) in [4.78, 5) is 22.5. The molecular formula is C18H22N4O3. The Kier molecular flexibility index (Phi) is 5.45. The van der Waals surface area contributed by atoms with Crippen molar-refractivity contribution in [1.82, 2.24) is 14.9 Å². The number of carbonyl (C=O) groups is 1. The Morgan fingerprint density at radius 3 is 2.92 bits per heavy atom. The van der Waals surface area contributed by atoms with Gasteiger partial charge in [0, 0.05) is 25.2 Å². The smallest absolute Gasteiger partial charge is 0.260 e. The van der Waals surface area contributed by atoms with Gasteiger partial charge in [0.25, 0.3) is 5.91 Å². The van der Waals surface area contributed by atoms with Gasteiger partial charge in [0.2, 0.25) is 0 Å². The summed E-state index contributed by atoms with van der Waals surface area (Å²) in [5.41, 5.74) is 6.73. The van der Waals surface area contributed by atoms with Gasteiger partial charge in [-0.2, -0.15) is 0 Å². The number of amides is 1. The number of benzene rings is 1. The maximum atomic E-state index is 12.2. The molecule has 1 atom stereocenters. The van der Waals surface area contributed by atoms with E-state index in [9.17, 15) is 4.79 Å². The molecule has 1 saturated heterocycles. The third-order valence-corrected chi connectivity index (χ3v) is 4.17. The number of anilines is 1. The molecule has 1 aliphatic heterocycles. The van der Waals surface area contributed by atoms with Crippen LogP contribution in [0.4, 0.5) is 5.82 Å². The molecule has 0 radical (unpaired) electrons. The molecule has 0 unspecified atom stereocenters. The third-order valence-electron chi connectivity index (χ3n) is 4.17. The van der Waals surface area contributed by atoms with Gasteiger partial charge < -0.3 is 20.1 Å². The highest BCUT2D eigenvalue weighted by Gasteiger charge is 2.17. The number of nitrogen functional groups attached to an aromatic ring is 1. The quantitative estimate of drug-likeness (QED) is 0.884. The lowest BCUT2D eigenvalue weighted by atomic mass is 10.0. The number of ether oxygens (including phenoxy) is 2. The summed E-state index contributed by atoms with van der Waals surface area (Å²) in [6.45, 7) is 4.43. The van der Waals surface area contributed by atoms with Crippen molar-refractivity contribution in [2.45, 2.75) is 12.8 Å². The fourth-order valence-electron chi connectivity index (χ4n) is 2.67. The van der Waals surface area contributed by atoms with E-state index in [1.165, 1.54) is 0 Å². The Labute approximate surface area is 146 Å². The number of hydrogen-bond acceptors (Lipinski definition) is 6. The topological polar surface area (TPSA) is 90.6 Å². The van der Waals surface area contributed by atoms with E-state index in [0.717, 1.165) is 5.56 Å². The molecule has 0 saturated carbocycles. The van der Waals surface area contributed by atoms with Crippen LogP contribution in [0.2, 0.25) is 0 Å². The van der Waals surface area contributed by atoms with E-state index in [1.807, 2.05) is 31.2 Å². The number of hydrogen-bond donors (Lipinski definition) is 1. The zero-order chi connectivity index (χ0) is 17.6. The monoisotopic (exact) mass is 342 g/mol. The number of aromatic nitrogens is 2. The maximum Gasteiger partial charge on any atom is 0.260 e. The highest BCUT2D eigenvalue weighted by atomic mass is 16.5. The molecule has 7 nitrogen and oxygen atoms in total. The number of nitrogens with zero attached hydrogens (tertiary/aromatic N) is 3. The first-order valence-electron chi connectivity index (χ1n) is 8.30.